The van der Waals surface area contributed by atoms with Crippen molar-refractivity contribution in [2.75, 3.05) is 0 Å². The van der Waals surface area contributed by atoms with Crippen LogP contribution in [0.15, 0.2) is 10.6 Å². The van der Waals surface area contributed by atoms with E-state index in [9.17, 15) is 9.00 Å². The number of hydrogen-bond donors (Lipinski definition) is 1. The van der Waals surface area contributed by atoms with E-state index in [0.29, 0.717) is 5.76 Å². The first-order valence-electron chi connectivity index (χ1n) is 5.23. The minimum absolute atomic E-state index is 0.126. The Morgan fingerprint density at radius 2 is 2.25 bits per heavy atom. The molecule has 0 radical (unpaired) electrons. The van der Waals surface area contributed by atoms with Crippen LogP contribution in [0.1, 0.15) is 41.9 Å². The molecule has 0 aromatic carbocycles. The van der Waals surface area contributed by atoms with Crippen molar-refractivity contribution in [2.24, 2.45) is 0 Å². The molecule has 88 valence electrons. The second-order valence-corrected chi connectivity index (χ2v) is 5.63. The minimum atomic E-state index is -1.12. The van der Waals surface area contributed by atoms with Gasteiger partial charge in [-0.1, -0.05) is 18.0 Å². The van der Waals surface area contributed by atoms with Crippen molar-refractivity contribution in [3.8, 4) is 0 Å². The fourth-order valence-electron chi connectivity index (χ4n) is 1.89. The SMILES string of the molecule is O=C(O)c1cc(CS(=O)C2CCCC2)on1. The van der Waals surface area contributed by atoms with Crippen LogP contribution in [0.25, 0.3) is 0 Å². The van der Waals surface area contributed by atoms with Gasteiger partial charge in [-0.15, -0.1) is 0 Å². The second-order valence-electron chi connectivity index (χ2n) is 3.92. The average Bonchev–Trinajstić information content (AvgIpc) is 2.87. The van der Waals surface area contributed by atoms with Gasteiger partial charge in [-0.3, -0.25) is 4.21 Å². The Morgan fingerprint density at radius 3 is 2.81 bits per heavy atom. The number of carboxylic acid groups (broad SMARTS) is 1. The Labute approximate surface area is 95.3 Å². The molecule has 0 bridgehead atoms. The van der Waals surface area contributed by atoms with Crippen LogP contribution >= 0.6 is 0 Å². The average molecular weight is 243 g/mol. The lowest BCUT2D eigenvalue weighted by Crippen LogP contribution is -2.11. The van der Waals surface area contributed by atoms with Gasteiger partial charge in [0.05, 0.1) is 5.75 Å². The molecule has 1 N–H and O–H groups in total. The standard InChI is InChI=1S/C10H13NO4S/c12-10(13)9-5-7(15-11-9)6-16(14)8-3-1-2-4-8/h5,8H,1-4,6H2,(H,12,13). The maximum absolute atomic E-state index is 11.9. The summed E-state index contributed by atoms with van der Waals surface area (Å²) in [6.45, 7) is 0. The third kappa shape index (κ3) is 2.49. The summed E-state index contributed by atoms with van der Waals surface area (Å²) >= 11 is 0. The highest BCUT2D eigenvalue weighted by Gasteiger charge is 2.23. The lowest BCUT2D eigenvalue weighted by Gasteiger charge is -2.06. The van der Waals surface area contributed by atoms with E-state index in [1.165, 1.54) is 6.07 Å². The quantitative estimate of drug-likeness (QED) is 0.868. The van der Waals surface area contributed by atoms with Gasteiger partial charge in [-0.05, 0) is 12.8 Å². The number of rotatable bonds is 4. The summed E-state index contributed by atoms with van der Waals surface area (Å²) in [6.07, 6.45) is 4.25. The van der Waals surface area contributed by atoms with Gasteiger partial charge in [0.2, 0.25) is 0 Å². The third-order valence-electron chi connectivity index (χ3n) is 2.74. The van der Waals surface area contributed by atoms with Crippen molar-refractivity contribution < 1.29 is 18.6 Å². The number of carbonyl (C=O) groups is 1. The zero-order valence-corrected chi connectivity index (χ0v) is 9.53. The van der Waals surface area contributed by atoms with E-state index < -0.39 is 16.8 Å². The van der Waals surface area contributed by atoms with Gasteiger partial charge in [0.25, 0.3) is 0 Å². The Hall–Kier alpha value is -1.17. The maximum Gasteiger partial charge on any atom is 0.358 e. The number of aromatic carboxylic acids is 1. The number of hydrogen-bond acceptors (Lipinski definition) is 4. The zero-order chi connectivity index (χ0) is 11.5. The fraction of sp³-hybridized carbons (Fsp3) is 0.600. The Balaban J connectivity index is 1.97. The smallest absolute Gasteiger partial charge is 0.358 e. The van der Waals surface area contributed by atoms with Gasteiger partial charge in [0.1, 0.15) is 5.76 Å². The predicted octanol–water partition coefficient (Wildman–Crippen LogP) is 1.56. The minimum Gasteiger partial charge on any atom is -0.476 e. The van der Waals surface area contributed by atoms with Gasteiger partial charge in [0.15, 0.2) is 5.69 Å². The molecule has 1 saturated carbocycles. The van der Waals surface area contributed by atoms with E-state index in [2.05, 4.69) is 5.16 Å². The van der Waals surface area contributed by atoms with Gasteiger partial charge >= 0.3 is 5.97 Å². The molecule has 1 aliphatic rings. The third-order valence-corrected chi connectivity index (χ3v) is 4.52. The lowest BCUT2D eigenvalue weighted by atomic mass is 10.4. The van der Waals surface area contributed by atoms with Crippen LogP contribution in [0.3, 0.4) is 0 Å². The van der Waals surface area contributed by atoms with Crippen molar-refractivity contribution in [3.63, 3.8) is 0 Å². The number of nitrogens with zero attached hydrogens (tertiary/aromatic N) is 1. The molecule has 1 atom stereocenters. The van der Waals surface area contributed by atoms with E-state index in [1.807, 2.05) is 0 Å². The molecular formula is C10H13NO4S. The van der Waals surface area contributed by atoms with Gasteiger partial charge in [0, 0.05) is 22.1 Å². The van der Waals surface area contributed by atoms with Crippen molar-refractivity contribution in [1.29, 1.82) is 0 Å². The molecule has 0 spiro atoms. The first kappa shape index (κ1) is 11.3. The Morgan fingerprint density at radius 1 is 1.56 bits per heavy atom. The van der Waals surface area contributed by atoms with Gasteiger partial charge in [-0.25, -0.2) is 4.79 Å². The van der Waals surface area contributed by atoms with Crippen molar-refractivity contribution in [3.05, 3.63) is 17.5 Å². The van der Waals surface area contributed by atoms with Crippen LogP contribution < -0.4 is 0 Å². The maximum atomic E-state index is 11.9. The number of aromatic nitrogens is 1. The van der Waals surface area contributed by atoms with Gasteiger partial charge < -0.3 is 9.63 Å². The largest absolute Gasteiger partial charge is 0.476 e. The molecule has 16 heavy (non-hydrogen) atoms. The molecular weight excluding hydrogens is 230 g/mol. The molecule has 1 fully saturated rings. The monoisotopic (exact) mass is 243 g/mol. The molecule has 2 rings (SSSR count). The van der Waals surface area contributed by atoms with E-state index >= 15 is 0 Å². The molecule has 0 amide bonds. The molecule has 1 aromatic rings. The van der Waals surface area contributed by atoms with Crippen LogP contribution in [0.2, 0.25) is 0 Å². The predicted molar refractivity (Wildman–Crippen MR) is 57.6 cm³/mol. The molecule has 0 aliphatic heterocycles. The van der Waals surface area contributed by atoms with Gasteiger partial charge in [-0.2, -0.15) is 0 Å². The van der Waals surface area contributed by atoms with Crippen molar-refractivity contribution >= 4 is 16.8 Å². The number of carboxylic acids is 1. The summed E-state index contributed by atoms with van der Waals surface area (Å²) in [5.74, 6) is -0.463. The summed E-state index contributed by atoms with van der Waals surface area (Å²) in [5.41, 5.74) is -0.126. The Kier molecular flexibility index (Phi) is 3.38. The van der Waals surface area contributed by atoms with Crippen molar-refractivity contribution in [2.45, 2.75) is 36.7 Å². The van der Waals surface area contributed by atoms with E-state index in [-0.39, 0.29) is 16.7 Å². The molecule has 1 aliphatic carbocycles. The van der Waals surface area contributed by atoms with E-state index in [1.54, 1.807) is 0 Å². The fourth-order valence-corrected chi connectivity index (χ4v) is 3.40. The second kappa shape index (κ2) is 4.78. The Bertz CT molecular complexity index is 409. The van der Waals surface area contributed by atoms with Crippen LogP contribution in [0, 0.1) is 0 Å². The summed E-state index contributed by atoms with van der Waals surface area (Å²) in [7, 11) is -0.973. The highest BCUT2D eigenvalue weighted by molar-refractivity contribution is 7.84. The topological polar surface area (TPSA) is 80.4 Å². The molecule has 1 heterocycles. The first-order valence-corrected chi connectivity index (χ1v) is 6.61. The van der Waals surface area contributed by atoms with Crippen LogP contribution in [0.4, 0.5) is 0 Å². The first-order chi connectivity index (χ1) is 7.66. The zero-order valence-electron chi connectivity index (χ0n) is 8.72. The summed E-state index contributed by atoms with van der Waals surface area (Å²) in [4.78, 5) is 10.6. The van der Waals surface area contributed by atoms with Crippen LogP contribution in [-0.2, 0) is 16.6 Å². The summed E-state index contributed by atoms with van der Waals surface area (Å²) in [5, 5.41) is 12.3. The highest BCUT2D eigenvalue weighted by Crippen LogP contribution is 2.24. The van der Waals surface area contributed by atoms with E-state index in [4.69, 9.17) is 9.63 Å². The molecule has 6 heteroatoms. The molecule has 0 saturated heterocycles. The summed E-state index contributed by atoms with van der Waals surface area (Å²) in [6, 6.07) is 1.34. The lowest BCUT2D eigenvalue weighted by molar-refractivity contribution is 0.0685. The highest BCUT2D eigenvalue weighted by atomic mass is 32.2. The van der Waals surface area contributed by atoms with Crippen LogP contribution in [-0.4, -0.2) is 25.7 Å². The van der Waals surface area contributed by atoms with Crippen LogP contribution in [0.5, 0.6) is 0 Å². The van der Waals surface area contributed by atoms with Crippen molar-refractivity contribution in [1.82, 2.24) is 5.16 Å². The normalized spacial score (nSPS) is 18.8. The summed E-state index contributed by atoms with van der Waals surface area (Å²) < 4.78 is 16.7. The molecule has 5 nitrogen and oxygen atoms in total. The molecule has 1 aromatic heterocycles. The van der Waals surface area contributed by atoms with E-state index in [0.717, 1.165) is 25.7 Å². The molecule has 1 unspecified atom stereocenters.